The van der Waals surface area contributed by atoms with Crippen LogP contribution in [0.1, 0.15) is 35.1 Å². The van der Waals surface area contributed by atoms with Crippen molar-refractivity contribution in [1.29, 1.82) is 0 Å². The fourth-order valence-electron chi connectivity index (χ4n) is 3.91. The lowest BCUT2D eigenvalue weighted by Crippen LogP contribution is -2.42. The number of rotatable bonds is 9. The van der Waals surface area contributed by atoms with Crippen LogP contribution >= 0.6 is 0 Å². The lowest BCUT2D eigenvalue weighted by atomic mass is 10.1. The molecule has 0 saturated heterocycles. The summed E-state index contributed by atoms with van der Waals surface area (Å²) in [6.45, 7) is 6.99. The average molecular weight is 424 g/mol. The minimum atomic E-state index is -0.113. The highest BCUT2D eigenvalue weighted by Gasteiger charge is 2.33. The first-order valence-corrected chi connectivity index (χ1v) is 10.8. The summed E-state index contributed by atoms with van der Waals surface area (Å²) in [5, 5.41) is 3.01. The third-order valence-electron chi connectivity index (χ3n) is 5.58. The third-order valence-corrected chi connectivity index (χ3v) is 5.58. The van der Waals surface area contributed by atoms with Crippen molar-refractivity contribution in [3.05, 3.63) is 58.7 Å². The Kier molecular flexibility index (Phi) is 7.33. The molecule has 0 aromatic heterocycles. The summed E-state index contributed by atoms with van der Waals surface area (Å²) in [7, 11) is 3.45. The number of benzene rings is 2. The van der Waals surface area contributed by atoms with Crippen molar-refractivity contribution in [2.45, 2.75) is 46.2 Å². The summed E-state index contributed by atoms with van der Waals surface area (Å²) in [4.78, 5) is 29.3. The zero-order chi connectivity index (χ0) is 22.5. The fourth-order valence-corrected chi connectivity index (χ4v) is 3.91. The number of carbonyl (C=O) groups excluding carboxylic acids is 2. The first-order valence-electron chi connectivity index (χ1n) is 10.8. The second-order valence-corrected chi connectivity index (χ2v) is 8.60. The minimum Gasteiger partial charge on any atom is -0.497 e. The van der Waals surface area contributed by atoms with Gasteiger partial charge in [-0.2, -0.15) is 0 Å². The van der Waals surface area contributed by atoms with Crippen molar-refractivity contribution >= 4 is 17.5 Å². The number of hydrogen-bond donors (Lipinski definition) is 1. The number of nitrogens with one attached hydrogen (secondary N) is 1. The van der Waals surface area contributed by atoms with E-state index in [0.717, 1.165) is 41.0 Å². The molecule has 2 amide bonds. The monoisotopic (exact) mass is 423 g/mol. The summed E-state index contributed by atoms with van der Waals surface area (Å²) in [6, 6.07) is 12.2. The van der Waals surface area contributed by atoms with Crippen LogP contribution in [0.3, 0.4) is 0 Å². The van der Waals surface area contributed by atoms with Crippen molar-refractivity contribution in [2.75, 3.05) is 32.6 Å². The third kappa shape index (κ3) is 6.31. The smallest absolute Gasteiger partial charge is 0.238 e. The molecule has 0 aliphatic heterocycles. The van der Waals surface area contributed by atoms with Crippen LogP contribution in [0, 0.1) is 20.8 Å². The molecular weight excluding hydrogens is 390 g/mol. The SMILES string of the molecule is COc1ccc(CN(C(=O)CN(C)CC(=O)Nc2c(C)cc(C)cc2C)C2CC2)cc1. The summed E-state index contributed by atoms with van der Waals surface area (Å²) in [5.41, 5.74) is 5.20. The molecule has 0 atom stereocenters. The van der Waals surface area contributed by atoms with Gasteiger partial charge in [-0.15, -0.1) is 0 Å². The first-order chi connectivity index (χ1) is 14.8. The Morgan fingerprint density at radius 1 is 1.03 bits per heavy atom. The van der Waals surface area contributed by atoms with Gasteiger partial charge >= 0.3 is 0 Å². The molecule has 0 spiro atoms. The molecule has 1 saturated carbocycles. The van der Waals surface area contributed by atoms with Crippen LogP contribution in [0.2, 0.25) is 0 Å². The molecule has 0 bridgehead atoms. The fraction of sp³-hybridized carbons (Fsp3) is 0.440. The molecule has 1 aliphatic rings. The predicted molar refractivity (Wildman–Crippen MR) is 123 cm³/mol. The van der Waals surface area contributed by atoms with Gasteiger partial charge in [-0.05, 0) is 69.5 Å². The van der Waals surface area contributed by atoms with Crippen molar-refractivity contribution in [1.82, 2.24) is 9.80 Å². The molecule has 6 nitrogen and oxygen atoms in total. The highest BCUT2D eigenvalue weighted by atomic mass is 16.5. The number of methoxy groups -OCH3 is 1. The van der Waals surface area contributed by atoms with Crippen LogP contribution < -0.4 is 10.1 Å². The molecule has 3 rings (SSSR count). The number of anilines is 1. The lowest BCUT2D eigenvalue weighted by molar-refractivity contribution is -0.133. The Balaban J connectivity index is 1.56. The Bertz CT molecular complexity index is 913. The number of hydrogen-bond acceptors (Lipinski definition) is 4. The van der Waals surface area contributed by atoms with Gasteiger partial charge in [0.2, 0.25) is 11.8 Å². The van der Waals surface area contributed by atoms with Gasteiger partial charge in [0.25, 0.3) is 0 Å². The number of amides is 2. The number of aryl methyl sites for hydroxylation is 3. The van der Waals surface area contributed by atoms with Crippen LogP contribution in [0.25, 0.3) is 0 Å². The van der Waals surface area contributed by atoms with Gasteiger partial charge in [0.05, 0.1) is 20.2 Å². The maximum Gasteiger partial charge on any atom is 0.238 e. The number of ether oxygens (including phenoxy) is 1. The summed E-state index contributed by atoms with van der Waals surface area (Å²) in [5.74, 6) is 0.743. The first kappa shape index (κ1) is 22.8. The molecule has 166 valence electrons. The maximum atomic E-state index is 13.0. The lowest BCUT2D eigenvalue weighted by Gasteiger charge is -2.25. The normalized spacial score (nSPS) is 13.2. The number of carbonyl (C=O) groups is 2. The van der Waals surface area contributed by atoms with Crippen LogP contribution in [0.15, 0.2) is 36.4 Å². The molecule has 2 aromatic rings. The summed E-state index contributed by atoms with van der Waals surface area (Å²) < 4.78 is 5.21. The number of likely N-dealkylation sites (N-methyl/N-ethyl adjacent to an activating group) is 1. The largest absolute Gasteiger partial charge is 0.497 e. The molecule has 1 aliphatic carbocycles. The average Bonchev–Trinajstić information content (AvgIpc) is 3.54. The quantitative estimate of drug-likeness (QED) is 0.668. The second-order valence-electron chi connectivity index (χ2n) is 8.60. The summed E-state index contributed by atoms with van der Waals surface area (Å²) >= 11 is 0. The van der Waals surface area contributed by atoms with E-state index in [4.69, 9.17) is 4.74 Å². The van der Waals surface area contributed by atoms with Crippen molar-refractivity contribution in [2.24, 2.45) is 0 Å². The Hall–Kier alpha value is -2.86. The van der Waals surface area contributed by atoms with Crippen LogP contribution in [0.4, 0.5) is 5.69 Å². The topological polar surface area (TPSA) is 61.9 Å². The van der Waals surface area contributed by atoms with E-state index >= 15 is 0 Å². The van der Waals surface area contributed by atoms with E-state index in [-0.39, 0.29) is 24.9 Å². The van der Waals surface area contributed by atoms with E-state index in [9.17, 15) is 9.59 Å². The number of nitrogens with zero attached hydrogens (tertiary/aromatic N) is 2. The highest BCUT2D eigenvalue weighted by molar-refractivity contribution is 5.94. The van der Waals surface area contributed by atoms with E-state index in [1.54, 1.807) is 12.0 Å². The van der Waals surface area contributed by atoms with Gasteiger partial charge in [0, 0.05) is 18.3 Å². The zero-order valence-electron chi connectivity index (χ0n) is 19.2. The molecule has 2 aromatic carbocycles. The molecule has 0 unspecified atom stereocenters. The molecule has 6 heteroatoms. The van der Waals surface area contributed by atoms with Gasteiger partial charge in [-0.3, -0.25) is 14.5 Å². The zero-order valence-corrected chi connectivity index (χ0v) is 19.2. The van der Waals surface area contributed by atoms with Crippen molar-refractivity contribution < 1.29 is 14.3 Å². The second kappa shape index (κ2) is 9.96. The van der Waals surface area contributed by atoms with E-state index in [0.29, 0.717) is 12.6 Å². The Morgan fingerprint density at radius 2 is 1.65 bits per heavy atom. The van der Waals surface area contributed by atoms with Crippen molar-refractivity contribution in [3.63, 3.8) is 0 Å². The molecule has 1 N–H and O–H groups in total. The van der Waals surface area contributed by atoms with Gasteiger partial charge in [0.15, 0.2) is 0 Å². The molecule has 0 radical (unpaired) electrons. The van der Waals surface area contributed by atoms with Gasteiger partial charge in [-0.1, -0.05) is 29.8 Å². The van der Waals surface area contributed by atoms with E-state index in [1.165, 1.54) is 5.56 Å². The minimum absolute atomic E-state index is 0.0521. The Morgan fingerprint density at radius 3 is 2.19 bits per heavy atom. The van der Waals surface area contributed by atoms with Gasteiger partial charge < -0.3 is 15.0 Å². The molecular formula is C25H33N3O3. The van der Waals surface area contributed by atoms with Gasteiger partial charge in [-0.25, -0.2) is 0 Å². The van der Waals surface area contributed by atoms with Crippen LogP contribution in [-0.4, -0.2) is 54.9 Å². The molecule has 31 heavy (non-hydrogen) atoms. The predicted octanol–water partition coefficient (Wildman–Crippen LogP) is 3.68. The highest BCUT2D eigenvalue weighted by Crippen LogP contribution is 2.29. The van der Waals surface area contributed by atoms with Gasteiger partial charge in [0.1, 0.15) is 5.75 Å². The van der Waals surface area contributed by atoms with E-state index < -0.39 is 0 Å². The Labute approximate surface area is 185 Å². The van der Waals surface area contributed by atoms with Crippen molar-refractivity contribution in [3.8, 4) is 5.75 Å². The molecule has 0 heterocycles. The molecule has 1 fully saturated rings. The van der Waals surface area contributed by atoms with Crippen LogP contribution in [0.5, 0.6) is 5.75 Å². The maximum absolute atomic E-state index is 13.0. The summed E-state index contributed by atoms with van der Waals surface area (Å²) in [6.07, 6.45) is 2.08. The standard InChI is InChI=1S/C25H33N3O3/c1-17-12-18(2)25(19(3)13-17)26-23(29)15-27(4)16-24(30)28(21-8-9-21)14-20-6-10-22(31-5)11-7-20/h6-7,10-13,21H,8-9,14-16H2,1-5H3,(H,26,29). The van der Waals surface area contributed by atoms with E-state index in [1.807, 2.05) is 57.0 Å². The van der Waals surface area contributed by atoms with Crippen LogP contribution in [-0.2, 0) is 16.1 Å². The van der Waals surface area contributed by atoms with E-state index in [2.05, 4.69) is 17.4 Å².